The molecule has 0 aliphatic heterocycles. The third kappa shape index (κ3) is 6.04. The Bertz CT molecular complexity index is 1010. The lowest BCUT2D eigenvalue weighted by Crippen LogP contribution is -2.18. The molecule has 1 aromatic heterocycles. The minimum Gasteiger partial charge on any atom is -0.332 e. The van der Waals surface area contributed by atoms with Gasteiger partial charge in [0.15, 0.2) is 0 Å². The number of benzene rings is 2. The monoisotopic (exact) mass is 416 g/mol. The van der Waals surface area contributed by atoms with Crippen molar-refractivity contribution in [3.63, 3.8) is 0 Å². The van der Waals surface area contributed by atoms with Gasteiger partial charge in [0.05, 0.1) is 6.33 Å². The predicted molar refractivity (Wildman–Crippen MR) is 122 cm³/mol. The second kappa shape index (κ2) is 10.1. The first kappa shape index (κ1) is 20.8. The number of aromatic nitrogens is 2. The average molecular weight is 417 g/mol. The molecule has 0 spiro atoms. The Labute approximate surface area is 182 Å². The minimum absolute atomic E-state index is 0.100. The van der Waals surface area contributed by atoms with Crippen LogP contribution in [-0.2, 0) is 11.3 Å². The van der Waals surface area contributed by atoms with Crippen LogP contribution >= 0.6 is 0 Å². The zero-order chi connectivity index (χ0) is 21.5. The third-order valence-corrected chi connectivity index (χ3v) is 5.70. The van der Waals surface area contributed by atoms with Crippen molar-refractivity contribution in [1.82, 2.24) is 9.55 Å². The molecule has 6 heteroatoms. The highest BCUT2D eigenvalue weighted by Crippen LogP contribution is 2.26. The molecule has 0 unspecified atom stereocenters. The molecule has 0 radical (unpaired) electrons. The number of hydrogen-bond donors (Lipinski definition) is 2. The lowest BCUT2D eigenvalue weighted by Gasteiger charge is -2.20. The maximum atomic E-state index is 12.3. The first-order valence-corrected chi connectivity index (χ1v) is 10.9. The van der Waals surface area contributed by atoms with Crippen LogP contribution in [0.2, 0.25) is 0 Å². The van der Waals surface area contributed by atoms with Crippen LogP contribution in [0, 0.1) is 5.92 Å². The fourth-order valence-electron chi connectivity index (χ4n) is 4.05. The van der Waals surface area contributed by atoms with Gasteiger partial charge in [-0.05, 0) is 48.6 Å². The highest BCUT2D eigenvalue weighted by molar-refractivity contribution is 6.02. The van der Waals surface area contributed by atoms with Crippen LogP contribution in [0.1, 0.15) is 54.6 Å². The standard InChI is InChI=1S/C25H28N4O2/c30-24(15-19-7-3-1-4-8-19)27-22-13-11-20(12-14-22)16-29-17-23(26-18-29)25(31)28-21-9-5-2-6-10-21/h2,5-6,9-14,17-19H,1,3-4,7-8,15-16H2,(H,27,30)(H,28,31). The van der Waals surface area contributed by atoms with E-state index in [1.54, 1.807) is 12.5 Å². The van der Waals surface area contributed by atoms with E-state index in [0.717, 1.165) is 16.9 Å². The van der Waals surface area contributed by atoms with E-state index in [1.807, 2.05) is 59.2 Å². The Hall–Kier alpha value is -3.41. The molecule has 160 valence electrons. The molecular formula is C25H28N4O2. The lowest BCUT2D eigenvalue weighted by molar-refractivity contribution is -0.117. The number of nitrogens with zero attached hydrogens (tertiary/aromatic N) is 2. The molecule has 1 fully saturated rings. The van der Waals surface area contributed by atoms with E-state index >= 15 is 0 Å². The topological polar surface area (TPSA) is 76.0 Å². The summed E-state index contributed by atoms with van der Waals surface area (Å²) in [4.78, 5) is 28.9. The third-order valence-electron chi connectivity index (χ3n) is 5.70. The Kier molecular flexibility index (Phi) is 6.77. The highest BCUT2D eigenvalue weighted by atomic mass is 16.2. The van der Waals surface area contributed by atoms with Crippen molar-refractivity contribution in [3.05, 3.63) is 78.4 Å². The van der Waals surface area contributed by atoms with Crippen molar-refractivity contribution in [2.75, 3.05) is 10.6 Å². The molecule has 1 aliphatic carbocycles. The van der Waals surface area contributed by atoms with E-state index in [2.05, 4.69) is 15.6 Å². The van der Waals surface area contributed by atoms with E-state index in [4.69, 9.17) is 0 Å². The quantitative estimate of drug-likeness (QED) is 0.563. The van der Waals surface area contributed by atoms with Crippen LogP contribution in [0.25, 0.3) is 0 Å². The summed E-state index contributed by atoms with van der Waals surface area (Å²) in [5.74, 6) is 0.395. The molecule has 3 aromatic rings. The van der Waals surface area contributed by atoms with Crippen molar-refractivity contribution >= 4 is 23.2 Å². The fraction of sp³-hybridized carbons (Fsp3) is 0.320. The van der Waals surface area contributed by atoms with Crippen LogP contribution in [0.5, 0.6) is 0 Å². The Morgan fingerprint density at radius 2 is 1.61 bits per heavy atom. The van der Waals surface area contributed by atoms with Crippen molar-refractivity contribution in [2.45, 2.75) is 45.1 Å². The van der Waals surface area contributed by atoms with Gasteiger partial charge >= 0.3 is 0 Å². The van der Waals surface area contributed by atoms with Crippen LogP contribution < -0.4 is 10.6 Å². The second-order valence-electron chi connectivity index (χ2n) is 8.20. The second-order valence-corrected chi connectivity index (χ2v) is 8.20. The van der Waals surface area contributed by atoms with Crippen molar-refractivity contribution in [1.29, 1.82) is 0 Å². The molecular weight excluding hydrogens is 388 g/mol. The molecule has 0 saturated heterocycles. The zero-order valence-electron chi connectivity index (χ0n) is 17.6. The van der Waals surface area contributed by atoms with Crippen LogP contribution in [-0.4, -0.2) is 21.4 Å². The van der Waals surface area contributed by atoms with E-state index in [0.29, 0.717) is 24.6 Å². The molecule has 1 saturated carbocycles. The Morgan fingerprint density at radius 3 is 2.35 bits per heavy atom. The molecule has 2 amide bonds. The molecule has 1 aliphatic rings. The molecule has 0 bridgehead atoms. The Balaban J connectivity index is 1.29. The summed E-state index contributed by atoms with van der Waals surface area (Å²) >= 11 is 0. The molecule has 4 rings (SSSR count). The van der Waals surface area contributed by atoms with Gasteiger partial charge in [0.1, 0.15) is 5.69 Å². The molecule has 6 nitrogen and oxygen atoms in total. The summed E-state index contributed by atoms with van der Waals surface area (Å²) in [5.41, 5.74) is 2.99. The average Bonchev–Trinajstić information content (AvgIpc) is 3.25. The van der Waals surface area contributed by atoms with Crippen LogP contribution in [0.4, 0.5) is 11.4 Å². The maximum absolute atomic E-state index is 12.3. The number of para-hydroxylation sites is 1. The number of hydrogen-bond acceptors (Lipinski definition) is 3. The van der Waals surface area contributed by atoms with Gasteiger partial charge in [0.2, 0.25) is 5.91 Å². The number of amides is 2. The molecule has 0 atom stereocenters. The first-order valence-electron chi connectivity index (χ1n) is 10.9. The zero-order valence-corrected chi connectivity index (χ0v) is 17.6. The number of carbonyl (C=O) groups excluding carboxylic acids is 2. The lowest BCUT2D eigenvalue weighted by atomic mass is 9.87. The van der Waals surface area contributed by atoms with Gasteiger partial charge in [-0.1, -0.05) is 49.6 Å². The van der Waals surface area contributed by atoms with Crippen LogP contribution in [0.15, 0.2) is 67.1 Å². The van der Waals surface area contributed by atoms with Gasteiger partial charge in [0.25, 0.3) is 5.91 Å². The maximum Gasteiger partial charge on any atom is 0.275 e. The first-order chi connectivity index (χ1) is 15.2. The van der Waals surface area contributed by atoms with E-state index in [1.165, 1.54) is 32.1 Å². The van der Waals surface area contributed by atoms with Gasteiger partial charge < -0.3 is 15.2 Å². The predicted octanol–water partition coefficient (Wildman–Crippen LogP) is 5.09. The summed E-state index contributed by atoms with van der Waals surface area (Å²) in [6.07, 6.45) is 10.1. The number of imidazole rings is 1. The van der Waals surface area contributed by atoms with Gasteiger partial charge in [-0.2, -0.15) is 0 Å². The van der Waals surface area contributed by atoms with Crippen molar-refractivity contribution in [2.24, 2.45) is 5.92 Å². The number of carbonyl (C=O) groups is 2. The number of rotatable bonds is 7. The molecule has 2 N–H and O–H groups in total. The SMILES string of the molecule is O=C(CC1CCCCC1)Nc1ccc(Cn2cnc(C(=O)Nc3ccccc3)c2)cc1. The van der Waals surface area contributed by atoms with Crippen molar-refractivity contribution in [3.8, 4) is 0 Å². The summed E-state index contributed by atoms with van der Waals surface area (Å²) in [7, 11) is 0. The van der Waals surface area contributed by atoms with Gasteiger partial charge in [-0.15, -0.1) is 0 Å². The summed E-state index contributed by atoms with van der Waals surface area (Å²) in [6, 6.07) is 17.1. The van der Waals surface area contributed by atoms with E-state index in [9.17, 15) is 9.59 Å². The van der Waals surface area contributed by atoms with Gasteiger partial charge in [0, 0.05) is 30.5 Å². The molecule has 31 heavy (non-hydrogen) atoms. The molecule has 1 heterocycles. The highest BCUT2D eigenvalue weighted by Gasteiger charge is 2.17. The fourth-order valence-corrected chi connectivity index (χ4v) is 4.05. The Morgan fingerprint density at radius 1 is 0.903 bits per heavy atom. The summed E-state index contributed by atoms with van der Waals surface area (Å²) in [5, 5.41) is 5.85. The summed E-state index contributed by atoms with van der Waals surface area (Å²) < 4.78 is 1.87. The normalized spacial score (nSPS) is 14.2. The smallest absolute Gasteiger partial charge is 0.275 e. The van der Waals surface area contributed by atoms with Crippen LogP contribution in [0.3, 0.4) is 0 Å². The number of nitrogens with one attached hydrogen (secondary N) is 2. The minimum atomic E-state index is -0.235. The molecule has 2 aromatic carbocycles. The van der Waals surface area contributed by atoms with E-state index < -0.39 is 0 Å². The van der Waals surface area contributed by atoms with Gasteiger partial charge in [-0.3, -0.25) is 9.59 Å². The van der Waals surface area contributed by atoms with Crippen molar-refractivity contribution < 1.29 is 9.59 Å². The number of anilines is 2. The summed E-state index contributed by atoms with van der Waals surface area (Å²) in [6.45, 7) is 0.599. The largest absolute Gasteiger partial charge is 0.332 e. The van der Waals surface area contributed by atoms with Gasteiger partial charge in [-0.25, -0.2) is 4.98 Å². The van der Waals surface area contributed by atoms with E-state index in [-0.39, 0.29) is 11.8 Å².